The summed E-state index contributed by atoms with van der Waals surface area (Å²) in [4.78, 5) is 12.5. The van der Waals surface area contributed by atoms with Crippen molar-refractivity contribution in [3.05, 3.63) is 40.9 Å². The number of carbonyl (C=O) groups is 1. The predicted octanol–water partition coefficient (Wildman–Crippen LogP) is 4.31. The van der Waals surface area contributed by atoms with Gasteiger partial charge in [0.2, 0.25) is 5.91 Å². The molecule has 4 heteroatoms. The molecule has 2 aromatic rings. The van der Waals surface area contributed by atoms with Crippen LogP contribution in [0.25, 0.3) is 10.8 Å². The largest absolute Gasteiger partial charge is 0.329 e. The number of benzene rings is 2. The number of nitrogens with one attached hydrogen (secondary N) is 1. The van der Waals surface area contributed by atoms with Gasteiger partial charge in [-0.2, -0.15) is 0 Å². The summed E-state index contributed by atoms with van der Waals surface area (Å²) in [5.74, 6) is 0.00598. The SMILES string of the molecule is CCC(CC)(CN)C(=O)Nc1ccc2cc(Br)ccc2c1. The van der Waals surface area contributed by atoms with Crippen LogP contribution in [0.3, 0.4) is 0 Å². The first kappa shape index (κ1) is 16.0. The molecule has 0 radical (unpaired) electrons. The number of carbonyl (C=O) groups excluding carboxylic acids is 1. The van der Waals surface area contributed by atoms with E-state index >= 15 is 0 Å². The van der Waals surface area contributed by atoms with E-state index in [1.54, 1.807) is 0 Å². The Bertz CT molecular complexity index is 642. The Balaban J connectivity index is 2.27. The van der Waals surface area contributed by atoms with Crippen molar-refractivity contribution in [1.82, 2.24) is 0 Å². The molecular formula is C17H21BrN2O. The highest BCUT2D eigenvalue weighted by Gasteiger charge is 2.33. The quantitative estimate of drug-likeness (QED) is 0.845. The second-order valence-electron chi connectivity index (χ2n) is 5.35. The molecule has 112 valence electrons. The van der Waals surface area contributed by atoms with E-state index < -0.39 is 5.41 Å². The molecule has 0 fully saturated rings. The third-order valence-electron chi connectivity index (χ3n) is 4.29. The molecule has 2 aromatic carbocycles. The Kier molecular flexibility index (Phi) is 5.01. The van der Waals surface area contributed by atoms with E-state index in [9.17, 15) is 4.79 Å². The van der Waals surface area contributed by atoms with Gasteiger partial charge in [0.05, 0.1) is 5.41 Å². The maximum absolute atomic E-state index is 12.5. The Morgan fingerprint density at radius 3 is 2.38 bits per heavy atom. The number of halogens is 1. The molecule has 0 saturated carbocycles. The summed E-state index contributed by atoms with van der Waals surface area (Å²) >= 11 is 3.46. The van der Waals surface area contributed by atoms with Gasteiger partial charge < -0.3 is 11.1 Å². The minimum atomic E-state index is -0.478. The van der Waals surface area contributed by atoms with Gasteiger partial charge in [0.1, 0.15) is 0 Å². The summed E-state index contributed by atoms with van der Waals surface area (Å²) < 4.78 is 1.05. The first-order valence-electron chi connectivity index (χ1n) is 7.25. The summed E-state index contributed by atoms with van der Waals surface area (Å²) in [6.07, 6.45) is 1.48. The second-order valence-corrected chi connectivity index (χ2v) is 6.27. The second kappa shape index (κ2) is 6.58. The van der Waals surface area contributed by atoms with Crippen LogP contribution in [-0.4, -0.2) is 12.5 Å². The summed E-state index contributed by atoms with van der Waals surface area (Å²) in [6, 6.07) is 12.0. The fraction of sp³-hybridized carbons (Fsp3) is 0.353. The molecule has 2 rings (SSSR count). The number of fused-ring (bicyclic) bond motifs is 1. The average Bonchev–Trinajstić information content (AvgIpc) is 2.50. The van der Waals surface area contributed by atoms with Crippen molar-refractivity contribution >= 4 is 38.3 Å². The fourth-order valence-electron chi connectivity index (χ4n) is 2.51. The van der Waals surface area contributed by atoms with Crippen molar-refractivity contribution in [1.29, 1.82) is 0 Å². The molecule has 0 unspecified atom stereocenters. The maximum atomic E-state index is 12.5. The Morgan fingerprint density at radius 1 is 1.14 bits per heavy atom. The van der Waals surface area contributed by atoms with Crippen LogP contribution in [0.4, 0.5) is 5.69 Å². The van der Waals surface area contributed by atoms with Crippen molar-refractivity contribution in [2.24, 2.45) is 11.1 Å². The van der Waals surface area contributed by atoms with Crippen molar-refractivity contribution in [3.63, 3.8) is 0 Å². The van der Waals surface area contributed by atoms with Gasteiger partial charge in [-0.3, -0.25) is 4.79 Å². The Morgan fingerprint density at radius 2 is 1.76 bits per heavy atom. The smallest absolute Gasteiger partial charge is 0.231 e. The first-order chi connectivity index (χ1) is 10.0. The molecule has 0 saturated heterocycles. The number of rotatable bonds is 5. The standard InChI is InChI=1S/C17H21BrN2O/c1-3-17(4-2,11-19)16(21)20-15-8-6-12-9-14(18)7-5-13(12)10-15/h5-10H,3-4,11,19H2,1-2H3,(H,20,21). The van der Waals surface area contributed by atoms with E-state index in [0.29, 0.717) is 6.54 Å². The number of anilines is 1. The molecule has 3 nitrogen and oxygen atoms in total. The van der Waals surface area contributed by atoms with Crippen LogP contribution in [-0.2, 0) is 4.79 Å². The van der Waals surface area contributed by atoms with E-state index in [4.69, 9.17) is 5.73 Å². The average molecular weight is 349 g/mol. The lowest BCUT2D eigenvalue weighted by atomic mass is 9.81. The Labute approximate surface area is 134 Å². The lowest BCUT2D eigenvalue weighted by Gasteiger charge is -2.28. The lowest BCUT2D eigenvalue weighted by Crippen LogP contribution is -2.41. The van der Waals surface area contributed by atoms with E-state index in [2.05, 4.69) is 27.3 Å². The van der Waals surface area contributed by atoms with E-state index in [1.807, 2.05) is 44.2 Å². The summed E-state index contributed by atoms with van der Waals surface area (Å²) in [7, 11) is 0. The minimum absolute atomic E-state index is 0.00598. The van der Waals surface area contributed by atoms with Crippen molar-refractivity contribution in [3.8, 4) is 0 Å². The van der Waals surface area contributed by atoms with Gasteiger partial charge in [0, 0.05) is 16.7 Å². The molecule has 0 aliphatic carbocycles. The molecular weight excluding hydrogens is 328 g/mol. The topological polar surface area (TPSA) is 55.1 Å². The number of nitrogens with two attached hydrogens (primary N) is 1. The van der Waals surface area contributed by atoms with Crippen LogP contribution in [0.15, 0.2) is 40.9 Å². The van der Waals surface area contributed by atoms with E-state index in [0.717, 1.165) is 33.8 Å². The number of amides is 1. The molecule has 3 N–H and O–H groups in total. The molecule has 0 aromatic heterocycles. The predicted molar refractivity (Wildman–Crippen MR) is 92.3 cm³/mol. The zero-order valence-corrected chi connectivity index (χ0v) is 14.0. The maximum Gasteiger partial charge on any atom is 0.231 e. The first-order valence-corrected chi connectivity index (χ1v) is 8.05. The van der Waals surface area contributed by atoms with Crippen LogP contribution in [0.1, 0.15) is 26.7 Å². The number of hydrogen-bond donors (Lipinski definition) is 2. The van der Waals surface area contributed by atoms with Gasteiger partial charge in [-0.15, -0.1) is 0 Å². The third-order valence-corrected chi connectivity index (χ3v) is 4.78. The van der Waals surface area contributed by atoms with Crippen LogP contribution < -0.4 is 11.1 Å². The molecule has 0 heterocycles. The third kappa shape index (κ3) is 3.27. The Hall–Kier alpha value is -1.39. The van der Waals surface area contributed by atoms with Crippen LogP contribution in [0, 0.1) is 5.41 Å². The van der Waals surface area contributed by atoms with Gasteiger partial charge in [0.25, 0.3) is 0 Å². The summed E-state index contributed by atoms with van der Waals surface area (Å²) in [6.45, 7) is 4.38. The van der Waals surface area contributed by atoms with Crippen LogP contribution in [0.2, 0.25) is 0 Å². The lowest BCUT2D eigenvalue weighted by molar-refractivity contribution is -0.125. The van der Waals surface area contributed by atoms with Gasteiger partial charge >= 0.3 is 0 Å². The van der Waals surface area contributed by atoms with Gasteiger partial charge in [0.15, 0.2) is 0 Å². The molecule has 21 heavy (non-hydrogen) atoms. The zero-order chi connectivity index (χ0) is 15.5. The normalized spacial score (nSPS) is 11.6. The highest BCUT2D eigenvalue weighted by atomic mass is 79.9. The van der Waals surface area contributed by atoms with Crippen molar-refractivity contribution in [2.75, 3.05) is 11.9 Å². The van der Waals surface area contributed by atoms with E-state index in [-0.39, 0.29) is 5.91 Å². The molecule has 0 spiro atoms. The van der Waals surface area contributed by atoms with Crippen molar-refractivity contribution < 1.29 is 4.79 Å². The fourth-order valence-corrected chi connectivity index (χ4v) is 2.89. The molecule has 0 atom stereocenters. The molecule has 0 bridgehead atoms. The summed E-state index contributed by atoms with van der Waals surface area (Å²) in [5, 5.41) is 5.25. The van der Waals surface area contributed by atoms with Gasteiger partial charge in [-0.1, -0.05) is 41.9 Å². The highest BCUT2D eigenvalue weighted by Crippen LogP contribution is 2.28. The zero-order valence-electron chi connectivity index (χ0n) is 12.4. The van der Waals surface area contributed by atoms with Crippen molar-refractivity contribution in [2.45, 2.75) is 26.7 Å². The van der Waals surface area contributed by atoms with E-state index in [1.165, 1.54) is 0 Å². The van der Waals surface area contributed by atoms with Gasteiger partial charge in [-0.05, 0) is 47.9 Å². The minimum Gasteiger partial charge on any atom is -0.329 e. The number of hydrogen-bond acceptors (Lipinski definition) is 2. The van der Waals surface area contributed by atoms with Gasteiger partial charge in [-0.25, -0.2) is 0 Å². The summed E-state index contributed by atoms with van der Waals surface area (Å²) in [5.41, 5.74) is 6.16. The molecule has 1 amide bonds. The molecule has 0 aliphatic rings. The highest BCUT2D eigenvalue weighted by molar-refractivity contribution is 9.10. The molecule has 0 aliphatic heterocycles. The monoisotopic (exact) mass is 348 g/mol. The van der Waals surface area contributed by atoms with Crippen LogP contribution in [0.5, 0.6) is 0 Å². The van der Waals surface area contributed by atoms with Crippen LogP contribution >= 0.6 is 15.9 Å².